The molecule has 0 N–H and O–H groups in total. The predicted octanol–water partition coefficient (Wildman–Crippen LogP) is 22.5. The lowest BCUT2D eigenvalue weighted by Crippen LogP contribution is -2.11. The van der Waals surface area contributed by atoms with Gasteiger partial charge >= 0.3 is 0 Å². The molecule has 10 aromatic carbocycles. The Hall–Kier alpha value is -9.57. The molecule has 0 aliphatic rings. The van der Waals surface area contributed by atoms with E-state index in [1.165, 1.54) is 71.4 Å². The monoisotopic (exact) mass is 1100 g/mol. The Morgan fingerprint density at radius 1 is 0.247 bits per heavy atom. The molecular formula is C82H71N3. The first-order valence-corrected chi connectivity index (χ1v) is 29.9. The van der Waals surface area contributed by atoms with Crippen molar-refractivity contribution in [3.05, 3.63) is 271 Å². The topological polar surface area (TPSA) is 38.7 Å². The predicted molar refractivity (Wildman–Crippen MR) is 362 cm³/mol. The van der Waals surface area contributed by atoms with Crippen molar-refractivity contribution in [2.75, 3.05) is 0 Å². The fourth-order valence-corrected chi connectivity index (χ4v) is 12.4. The summed E-state index contributed by atoms with van der Waals surface area (Å²) in [7, 11) is 0. The van der Waals surface area contributed by atoms with E-state index in [1.807, 2.05) is 18.6 Å². The highest BCUT2D eigenvalue weighted by Crippen LogP contribution is 2.45. The smallest absolute Gasteiger partial charge is 0.0780 e. The molecule has 0 fully saturated rings. The maximum atomic E-state index is 5.08. The molecule has 85 heavy (non-hydrogen) atoms. The summed E-state index contributed by atoms with van der Waals surface area (Å²) >= 11 is 0. The molecule has 0 radical (unpaired) electrons. The molecule has 0 spiro atoms. The Bertz CT molecular complexity index is 4530. The molecule has 0 aliphatic carbocycles. The van der Waals surface area contributed by atoms with E-state index in [1.54, 1.807) is 0 Å². The highest BCUT2D eigenvalue weighted by Gasteiger charge is 2.21. The zero-order valence-electron chi connectivity index (χ0n) is 50.5. The highest BCUT2D eigenvalue weighted by molar-refractivity contribution is 6.19. The first kappa shape index (κ1) is 54.7. The SMILES string of the molecule is Cc1cc(-c2nccc3c2ccc2c4ccc(C(C)(C)C)cc4ccc32)ccc1-c1ccccc1-c1cc(-c2ccccc2-c2ccc(-c3cc(C(C)(C)C)ccn3)cc2)cc(-c2ccccc2-c2ccc(-c3cc(C(C)(C)C)ccn3)cc2)c1. The number of rotatable bonds is 9. The summed E-state index contributed by atoms with van der Waals surface area (Å²) in [4.78, 5) is 14.7. The summed E-state index contributed by atoms with van der Waals surface area (Å²) in [5.74, 6) is 0. The third-order valence-electron chi connectivity index (χ3n) is 17.3. The maximum absolute atomic E-state index is 5.08. The molecule has 0 saturated heterocycles. The van der Waals surface area contributed by atoms with E-state index in [0.717, 1.165) is 83.7 Å². The van der Waals surface area contributed by atoms with E-state index in [4.69, 9.17) is 15.0 Å². The molecule has 0 bridgehead atoms. The molecule has 13 rings (SSSR count). The van der Waals surface area contributed by atoms with E-state index in [9.17, 15) is 0 Å². The Balaban J connectivity index is 0.917. The van der Waals surface area contributed by atoms with E-state index in [-0.39, 0.29) is 16.2 Å². The maximum Gasteiger partial charge on any atom is 0.0780 e. The van der Waals surface area contributed by atoms with Crippen molar-refractivity contribution >= 4 is 32.3 Å². The number of hydrogen-bond acceptors (Lipinski definition) is 3. The second kappa shape index (κ2) is 21.6. The van der Waals surface area contributed by atoms with Crippen LogP contribution in [0.4, 0.5) is 0 Å². The van der Waals surface area contributed by atoms with Gasteiger partial charge in [0.2, 0.25) is 0 Å². The van der Waals surface area contributed by atoms with E-state index < -0.39 is 0 Å². The molecule has 3 heterocycles. The quantitative estimate of drug-likeness (QED) is 0.135. The Morgan fingerprint density at radius 2 is 0.624 bits per heavy atom. The van der Waals surface area contributed by atoms with Gasteiger partial charge in [-0.15, -0.1) is 0 Å². The van der Waals surface area contributed by atoms with Crippen LogP contribution in [0, 0.1) is 6.92 Å². The van der Waals surface area contributed by atoms with Crippen molar-refractivity contribution in [2.45, 2.75) is 85.5 Å². The van der Waals surface area contributed by atoms with Crippen LogP contribution in [-0.2, 0) is 16.2 Å². The van der Waals surface area contributed by atoms with Gasteiger partial charge in [-0.05, 0) is 194 Å². The zero-order valence-corrected chi connectivity index (χ0v) is 50.5. The van der Waals surface area contributed by atoms with Crippen LogP contribution in [0.3, 0.4) is 0 Å². The van der Waals surface area contributed by atoms with Gasteiger partial charge in [-0.1, -0.05) is 238 Å². The summed E-state index contributed by atoms with van der Waals surface area (Å²) in [6.45, 7) is 22.6. The van der Waals surface area contributed by atoms with Crippen LogP contribution < -0.4 is 0 Å². The molecule has 0 saturated carbocycles. The van der Waals surface area contributed by atoms with Crippen LogP contribution in [0.15, 0.2) is 249 Å². The van der Waals surface area contributed by atoms with Gasteiger partial charge in [-0.2, -0.15) is 0 Å². The lowest BCUT2D eigenvalue weighted by Gasteiger charge is -2.20. The standard InChI is InChI=1S/C82H71N3/c1-52-45-58(79-76-38-37-73-71-36-33-62(80(2,3)4)49-57(71)31-35-74(73)75(76)41-44-85-79)32-34-65(52)72-22-16-15-21-70(72)61-47-59(68-19-13-11-17-66(68)53-23-27-55(28-24-53)77-50-63(39-42-83-77)81(5,6)7)46-60(48-61)69-20-14-12-18-67(69)54-25-29-56(30-26-54)78-51-64(40-43-84-78)82(8,9)10/h11-51H,1-10H3. The van der Waals surface area contributed by atoms with E-state index in [2.05, 4.69) is 300 Å². The summed E-state index contributed by atoms with van der Waals surface area (Å²) in [6.07, 6.45) is 5.84. The lowest BCUT2D eigenvalue weighted by molar-refractivity contribution is 0.589. The molecule has 0 amide bonds. The van der Waals surface area contributed by atoms with Crippen molar-refractivity contribution in [2.24, 2.45) is 0 Å². The van der Waals surface area contributed by atoms with Crippen LogP contribution in [0.5, 0.6) is 0 Å². The summed E-state index contributed by atoms with van der Waals surface area (Å²) in [5.41, 5.74) is 25.3. The third-order valence-corrected chi connectivity index (χ3v) is 17.3. The lowest BCUT2D eigenvalue weighted by atomic mass is 9.85. The van der Waals surface area contributed by atoms with Crippen molar-refractivity contribution in [3.8, 4) is 101 Å². The van der Waals surface area contributed by atoms with E-state index >= 15 is 0 Å². The van der Waals surface area contributed by atoms with Crippen LogP contribution in [-0.4, -0.2) is 15.0 Å². The minimum Gasteiger partial charge on any atom is -0.256 e. The van der Waals surface area contributed by atoms with Gasteiger partial charge in [-0.3, -0.25) is 15.0 Å². The minimum atomic E-state index is 0.0247. The molecule has 3 aromatic heterocycles. The number of aromatic nitrogens is 3. The number of benzene rings is 10. The van der Waals surface area contributed by atoms with Crippen LogP contribution in [0.25, 0.3) is 133 Å². The Kier molecular flexibility index (Phi) is 13.9. The molecule has 13 aromatic rings. The van der Waals surface area contributed by atoms with Crippen LogP contribution >= 0.6 is 0 Å². The normalized spacial score (nSPS) is 12.1. The fraction of sp³-hybridized carbons (Fsp3) is 0.159. The average Bonchev–Trinajstić information content (AvgIpc) is 1.97. The zero-order chi connectivity index (χ0) is 58.8. The summed E-state index contributed by atoms with van der Waals surface area (Å²) < 4.78 is 0. The average molecular weight is 1100 g/mol. The highest BCUT2D eigenvalue weighted by atomic mass is 14.7. The number of nitrogens with zero attached hydrogens (tertiary/aromatic N) is 3. The molecule has 3 nitrogen and oxygen atoms in total. The molecule has 0 atom stereocenters. The second-order valence-electron chi connectivity index (χ2n) is 26.1. The Morgan fingerprint density at radius 3 is 1.12 bits per heavy atom. The summed E-state index contributed by atoms with van der Waals surface area (Å²) in [5, 5.41) is 7.42. The van der Waals surface area contributed by atoms with Crippen molar-refractivity contribution in [1.29, 1.82) is 0 Å². The molecular weight excluding hydrogens is 1030 g/mol. The van der Waals surface area contributed by atoms with Crippen molar-refractivity contribution in [1.82, 2.24) is 15.0 Å². The minimum absolute atomic E-state index is 0.0247. The van der Waals surface area contributed by atoms with Crippen molar-refractivity contribution in [3.63, 3.8) is 0 Å². The van der Waals surface area contributed by atoms with Gasteiger partial charge in [0.1, 0.15) is 0 Å². The third kappa shape index (κ3) is 10.7. The number of fused-ring (bicyclic) bond motifs is 5. The first-order chi connectivity index (χ1) is 40.9. The van der Waals surface area contributed by atoms with Crippen LogP contribution in [0.2, 0.25) is 0 Å². The van der Waals surface area contributed by atoms with Gasteiger partial charge in [0.15, 0.2) is 0 Å². The fourth-order valence-electron chi connectivity index (χ4n) is 12.4. The van der Waals surface area contributed by atoms with E-state index in [0.29, 0.717) is 0 Å². The van der Waals surface area contributed by atoms with Gasteiger partial charge in [-0.25, -0.2) is 0 Å². The summed E-state index contributed by atoms with van der Waals surface area (Å²) in [6, 6.07) is 85.5. The van der Waals surface area contributed by atoms with Gasteiger partial charge in [0.25, 0.3) is 0 Å². The van der Waals surface area contributed by atoms with Gasteiger partial charge in [0, 0.05) is 40.7 Å². The largest absolute Gasteiger partial charge is 0.256 e. The van der Waals surface area contributed by atoms with Gasteiger partial charge < -0.3 is 0 Å². The molecule has 3 heteroatoms. The molecule has 414 valence electrons. The van der Waals surface area contributed by atoms with Crippen molar-refractivity contribution < 1.29 is 0 Å². The molecule has 0 aliphatic heterocycles. The first-order valence-electron chi connectivity index (χ1n) is 29.9. The molecule has 0 unspecified atom stereocenters. The Labute approximate surface area is 501 Å². The number of hydrogen-bond donors (Lipinski definition) is 0. The number of pyridine rings is 3. The van der Waals surface area contributed by atoms with Crippen LogP contribution in [0.1, 0.15) is 84.6 Å². The van der Waals surface area contributed by atoms with Gasteiger partial charge in [0.05, 0.1) is 17.1 Å². The number of aryl methyl sites for hydroxylation is 1. The second-order valence-corrected chi connectivity index (χ2v) is 26.1.